The van der Waals surface area contributed by atoms with Gasteiger partial charge >= 0.3 is 6.09 Å². The highest BCUT2D eigenvalue weighted by Gasteiger charge is 2.21. The molecule has 110 valence electrons. The van der Waals surface area contributed by atoms with E-state index in [9.17, 15) is 14.7 Å². The highest BCUT2D eigenvalue weighted by Crippen LogP contribution is 2.18. The van der Waals surface area contributed by atoms with Gasteiger partial charge in [-0.15, -0.1) is 0 Å². The van der Waals surface area contributed by atoms with E-state index in [1.165, 1.54) is 0 Å². The normalized spacial score (nSPS) is 23.6. The van der Waals surface area contributed by atoms with Gasteiger partial charge in [0.25, 0.3) is 0 Å². The van der Waals surface area contributed by atoms with Gasteiger partial charge in [-0.2, -0.15) is 0 Å². The fourth-order valence-corrected chi connectivity index (χ4v) is 1.97. The summed E-state index contributed by atoms with van der Waals surface area (Å²) < 4.78 is 5.03. The van der Waals surface area contributed by atoms with Crippen molar-refractivity contribution in [2.75, 3.05) is 6.54 Å². The largest absolute Gasteiger partial charge is 0.444 e. The average molecular weight is 272 g/mol. The maximum Gasteiger partial charge on any atom is 0.408 e. The predicted octanol–water partition coefficient (Wildman–Crippen LogP) is 0.931. The molecule has 1 aliphatic carbocycles. The van der Waals surface area contributed by atoms with Gasteiger partial charge in [0.05, 0.1) is 6.10 Å². The van der Waals surface area contributed by atoms with Gasteiger partial charge in [-0.25, -0.2) is 4.79 Å². The number of rotatable bonds is 3. The minimum atomic E-state index is -0.596. The van der Waals surface area contributed by atoms with E-state index in [1.54, 1.807) is 20.8 Å². The van der Waals surface area contributed by atoms with Crippen LogP contribution in [0.2, 0.25) is 0 Å². The Labute approximate surface area is 113 Å². The summed E-state index contributed by atoms with van der Waals surface area (Å²) in [6.45, 7) is 5.20. The van der Waals surface area contributed by atoms with E-state index in [-0.39, 0.29) is 24.6 Å². The minimum absolute atomic E-state index is 0.0893. The first-order chi connectivity index (χ1) is 8.76. The van der Waals surface area contributed by atoms with Crippen LogP contribution in [0, 0.1) is 0 Å². The van der Waals surface area contributed by atoms with Crippen LogP contribution in [0.1, 0.15) is 46.5 Å². The van der Waals surface area contributed by atoms with Crippen molar-refractivity contribution in [1.82, 2.24) is 10.6 Å². The van der Waals surface area contributed by atoms with Crippen LogP contribution < -0.4 is 10.6 Å². The maximum absolute atomic E-state index is 11.6. The Morgan fingerprint density at radius 2 is 1.79 bits per heavy atom. The van der Waals surface area contributed by atoms with E-state index in [0.717, 1.165) is 12.8 Å². The monoisotopic (exact) mass is 272 g/mol. The summed E-state index contributed by atoms with van der Waals surface area (Å²) in [6.07, 6.45) is 2.14. The van der Waals surface area contributed by atoms with Crippen LogP contribution >= 0.6 is 0 Å². The SMILES string of the molecule is CC(C)(C)OC(=O)NCC(=O)NC1CCC(O)CC1. The summed E-state index contributed by atoms with van der Waals surface area (Å²) in [5, 5.41) is 14.6. The van der Waals surface area contributed by atoms with Crippen molar-refractivity contribution in [1.29, 1.82) is 0 Å². The summed E-state index contributed by atoms with van der Waals surface area (Å²) in [4.78, 5) is 23.0. The summed E-state index contributed by atoms with van der Waals surface area (Å²) in [5.74, 6) is -0.229. The number of aliphatic hydroxyl groups excluding tert-OH is 1. The van der Waals surface area contributed by atoms with Gasteiger partial charge in [0.1, 0.15) is 12.1 Å². The molecular weight excluding hydrogens is 248 g/mol. The van der Waals surface area contributed by atoms with E-state index in [4.69, 9.17) is 4.74 Å². The quantitative estimate of drug-likeness (QED) is 0.713. The lowest BCUT2D eigenvalue weighted by molar-refractivity contribution is -0.121. The van der Waals surface area contributed by atoms with E-state index < -0.39 is 11.7 Å². The first kappa shape index (κ1) is 15.8. The molecule has 1 aliphatic rings. The second-order valence-electron chi connectivity index (χ2n) is 5.93. The van der Waals surface area contributed by atoms with Crippen LogP contribution in [0.15, 0.2) is 0 Å². The molecule has 1 saturated carbocycles. The Kier molecular flexibility index (Phi) is 5.60. The molecule has 0 aromatic heterocycles. The molecule has 0 atom stereocenters. The molecule has 0 bridgehead atoms. The second-order valence-corrected chi connectivity index (χ2v) is 5.93. The number of nitrogens with one attached hydrogen (secondary N) is 2. The fraction of sp³-hybridized carbons (Fsp3) is 0.846. The van der Waals surface area contributed by atoms with Crippen LogP contribution in [0.4, 0.5) is 4.79 Å². The third kappa shape index (κ3) is 7.00. The zero-order valence-electron chi connectivity index (χ0n) is 11.9. The number of carbonyl (C=O) groups is 2. The van der Waals surface area contributed by atoms with Gasteiger partial charge in [-0.3, -0.25) is 4.79 Å². The van der Waals surface area contributed by atoms with Crippen molar-refractivity contribution in [2.45, 2.75) is 64.2 Å². The molecule has 0 aromatic carbocycles. The van der Waals surface area contributed by atoms with Crippen LogP contribution in [0.25, 0.3) is 0 Å². The summed E-state index contributed by atoms with van der Waals surface area (Å²) in [5.41, 5.74) is -0.569. The number of hydrogen-bond donors (Lipinski definition) is 3. The molecule has 6 heteroatoms. The highest BCUT2D eigenvalue weighted by molar-refractivity contribution is 5.82. The second kappa shape index (κ2) is 6.75. The van der Waals surface area contributed by atoms with Crippen LogP contribution in [0.5, 0.6) is 0 Å². The summed E-state index contributed by atoms with van der Waals surface area (Å²) >= 11 is 0. The number of alkyl carbamates (subject to hydrolysis) is 1. The molecule has 0 radical (unpaired) electrons. The van der Waals surface area contributed by atoms with E-state index >= 15 is 0 Å². The van der Waals surface area contributed by atoms with Crippen molar-refractivity contribution in [3.63, 3.8) is 0 Å². The van der Waals surface area contributed by atoms with Crippen molar-refractivity contribution in [3.8, 4) is 0 Å². The predicted molar refractivity (Wildman–Crippen MR) is 70.6 cm³/mol. The fourth-order valence-electron chi connectivity index (χ4n) is 1.97. The van der Waals surface area contributed by atoms with E-state index in [1.807, 2.05) is 0 Å². The lowest BCUT2D eigenvalue weighted by Crippen LogP contribution is -2.44. The Morgan fingerprint density at radius 1 is 1.21 bits per heavy atom. The molecule has 0 aromatic rings. The van der Waals surface area contributed by atoms with Gasteiger partial charge in [-0.1, -0.05) is 0 Å². The maximum atomic E-state index is 11.6. The van der Waals surface area contributed by atoms with Gasteiger partial charge in [-0.05, 0) is 46.5 Å². The highest BCUT2D eigenvalue weighted by atomic mass is 16.6. The van der Waals surface area contributed by atoms with Gasteiger partial charge in [0, 0.05) is 6.04 Å². The first-order valence-electron chi connectivity index (χ1n) is 6.70. The Balaban J connectivity index is 2.19. The molecule has 0 spiro atoms. The molecular formula is C13H24N2O4. The molecule has 6 nitrogen and oxygen atoms in total. The third-order valence-electron chi connectivity index (χ3n) is 2.85. The summed E-state index contributed by atoms with van der Waals surface area (Å²) in [7, 11) is 0. The number of amides is 2. The van der Waals surface area contributed by atoms with Crippen LogP contribution in [-0.2, 0) is 9.53 Å². The van der Waals surface area contributed by atoms with Crippen LogP contribution in [-0.4, -0.2) is 41.4 Å². The van der Waals surface area contributed by atoms with Crippen molar-refractivity contribution in [2.24, 2.45) is 0 Å². The molecule has 0 saturated heterocycles. The Hall–Kier alpha value is -1.30. The molecule has 0 unspecified atom stereocenters. The van der Waals surface area contributed by atoms with Crippen molar-refractivity contribution < 1.29 is 19.4 Å². The molecule has 1 rings (SSSR count). The lowest BCUT2D eigenvalue weighted by atomic mass is 9.93. The lowest BCUT2D eigenvalue weighted by Gasteiger charge is -2.26. The Bertz CT molecular complexity index is 317. The molecule has 0 aliphatic heterocycles. The molecule has 2 amide bonds. The number of hydrogen-bond acceptors (Lipinski definition) is 4. The van der Waals surface area contributed by atoms with Crippen LogP contribution in [0.3, 0.4) is 0 Å². The minimum Gasteiger partial charge on any atom is -0.444 e. The Morgan fingerprint density at radius 3 is 2.32 bits per heavy atom. The molecule has 3 N–H and O–H groups in total. The van der Waals surface area contributed by atoms with Crippen molar-refractivity contribution in [3.05, 3.63) is 0 Å². The van der Waals surface area contributed by atoms with E-state index in [2.05, 4.69) is 10.6 Å². The van der Waals surface area contributed by atoms with Gasteiger partial charge in [0.15, 0.2) is 0 Å². The first-order valence-corrected chi connectivity index (χ1v) is 6.70. The van der Waals surface area contributed by atoms with Gasteiger partial charge < -0.3 is 20.5 Å². The topological polar surface area (TPSA) is 87.7 Å². The number of ether oxygens (including phenoxy) is 1. The summed E-state index contributed by atoms with van der Waals surface area (Å²) in [6, 6.07) is 0.0938. The van der Waals surface area contributed by atoms with Crippen molar-refractivity contribution >= 4 is 12.0 Å². The zero-order valence-corrected chi connectivity index (χ0v) is 11.9. The molecule has 19 heavy (non-hydrogen) atoms. The standard InChI is InChI=1S/C13H24N2O4/c1-13(2,3)19-12(18)14-8-11(17)15-9-4-6-10(16)7-5-9/h9-10,16H,4-8H2,1-3H3,(H,14,18)(H,15,17). The average Bonchev–Trinajstić information content (AvgIpc) is 2.27. The third-order valence-corrected chi connectivity index (χ3v) is 2.85. The van der Waals surface area contributed by atoms with E-state index in [0.29, 0.717) is 12.8 Å². The molecule has 1 fully saturated rings. The number of aliphatic hydroxyl groups is 1. The number of carbonyl (C=O) groups excluding carboxylic acids is 2. The zero-order chi connectivity index (χ0) is 14.5. The smallest absolute Gasteiger partial charge is 0.408 e. The molecule has 0 heterocycles. The van der Waals surface area contributed by atoms with Gasteiger partial charge in [0.2, 0.25) is 5.91 Å².